The van der Waals surface area contributed by atoms with Gasteiger partial charge in [-0.2, -0.15) is 15.0 Å². The van der Waals surface area contributed by atoms with Crippen LogP contribution in [0.1, 0.15) is 15.9 Å². The molecule has 0 radical (unpaired) electrons. The van der Waals surface area contributed by atoms with E-state index in [0.29, 0.717) is 95.8 Å². The predicted molar refractivity (Wildman–Crippen MR) is 152 cm³/mol. The molecule has 0 aliphatic carbocycles. The van der Waals surface area contributed by atoms with Gasteiger partial charge < -0.3 is 44.5 Å². The zero-order valence-corrected chi connectivity index (χ0v) is 22.8. The van der Waals surface area contributed by atoms with Crippen LogP contribution < -0.4 is 30.3 Å². The van der Waals surface area contributed by atoms with E-state index in [1.165, 1.54) is 0 Å². The van der Waals surface area contributed by atoms with Crippen LogP contribution in [0.15, 0.2) is 48.5 Å². The maximum Gasteiger partial charge on any atom is 0.251 e. The van der Waals surface area contributed by atoms with E-state index in [1.54, 1.807) is 12.1 Å². The molecule has 0 saturated carbocycles. The largest absolute Gasteiger partial charge is 0.454 e. The van der Waals surface area contributed by atoms with Crippen molar-refractivity contribution in [3.63, 3.8) is 0 Å². The molecule has 1 fully saturated rings. The number of hydrogen-bond acceptors (Lipinski definition) is 12. The molecule has 3 N–H and O–H groups in total. The zero-order valence-electron chi connectivity index (χ0n) is 22.8. The topological polar surface area (TPSA) is 141 Å². The van der Waals surface area contributed by atoms with Crippen LogP contribution in [0, 0.1) is 0 Å². The summed E-state index contributed by atoms with van der Waals surface area (Å²) in [5.41, 5.74) is 1.65. The van der Waals surface area contributed by atoms with Crippen LogP contribution >= 0.6 is 0 Å². The maximum atomic E-state index is 12.0. The molecule has 3 aromatic rings. The minimum absolute atomic E-state index is 0.113. The third kappa shape index (κ3) is 8.64. The van der Waals surface area contributed by atoms with Crippen LogP contribution in [-0.2, 0) is 20.8 Å². The number of nitrogens with zero attached hydrogens (tertiary/aromatic N) is 4. The molecule has 0 bridgehead atoms. The Morgan fingerprint density at radius 3 is 2.37 bits per heavy atom. The van der Waals surface area contributed by atoms with Gasteiger partial charge in [0.2, 0.25) is 24.6 Å². The second-order valence-corrected chi connectivity index (χ2v) is 9.20. The molecular formula is C28H35N7O6. The standard InChI is InChI=1S/C28H35N7O6/c36-25(22-4-2-1-3-5-22)29-8-12-37-16-17-38-13-9-30-26-32-27(34-28(33-26)35-10-14-39-15-11-35)31-19-21-6-7-23-24(18-21)41-20-40-23/h1-7,18H,8-17,19-20H2,(H,29,36)(H2,30,31,32,33,34). The lowest BCUT2D eigenvalue weighted by molar-refractivity contribution is 0.0519. The van der Waals surface area contributed by atoms with E-state index in [2.05, 4.69) is 35.8 Å². The summed E-state index contributed by atoms with van der Waals surface area (Å²) in [5.74, 6) is 2.89. The summed E-state index contributed by atoms with van der Waals surface area (Å²) in [7, 11) is 0. The Hall–Kier alpha value is -4.20. The first-order valence-electron chi connectivity index (χ1n) is 13.7. The van der Waals surface area contributed by atoms with Gasteiger partial charge in [-0.1, -0.05) is 24.3 Å². The van der Waals surface area contributed by atoms with Gasteiger partial charge in [0, 0.05) is 38.3 Å². The zero-order chi connectivity index (χ0) is 28.1. The van der Waals surface area contributed by atoms with Crippen LogP contribution in [0.25, 0.3) is 0 Å². The van der Waals surface area contributed by atoms with Crippen LogP contribution in [-0.4, -0.2) is 93.5 Å². The first kappa shape index (κ1) is 28.3. The van der Waals surface area contributed by atoms with E-state index < -0.39 is 0 Å². The fourth-order valence-electron chi connectivity index (χ4n) is 4.14. The molecule has 0 atom stereocenters. The van der Waals surface area contributed by atoms with Crippen molar-refractivity contribution >= 4 is 23.8 Å². The summed E-state index contributed by atoms with van der Waals surface area (Å²) in [5, 5.41) is 9.35. The number of hydrogen-bond donors (Lipinski definition) is 3. The molecule has 0 unspecified atom stereocenters. The Morgan fingerprint density at radius 2 is 1.56 bits per heavy atom. The SMILES string of the molecule is O=C(NCCOCCOCCNc1nc(NCc2ccc3c(c2)OCO3)nc(N2CCOCC2)n1)c1ccccc1. The molecule has 13 nitrogen and oxygen atoms in total. The van der Waals surface area contributed by atoms with E-state index in [0.717, 1.165) is 17.1 Å². The van der Waals surface area contributed by atoms with Crippen LogP contribution in [0.4, 0.5) is 17.8 Å². The number of rotatable bonds is 15. The summed E-state index contributed by atoms with van der Waals surface area (Å²) >= 11 is 0. The molecule has 0 spiro atoms. The predicted octanol–water partition coefficient (Wildman–Crippen LogP) is 1.92. The highest BCUT2D eigenvalue weighted by Gasteiger charge is 2.17. The molecule has 1 amide bonds. The first-order valence-corrected chi connectivity index (χ1v) is 13.7. The highest BCUT2D eigenvalue weighted by atomic mass is 16.7. The van der Waals surface area contributed by atoms with Gasteiger partial charge in [0.1, 0.15) is 0 Å². The van der Waals surface area contributed by atoms with Gasteiger partial charge in [-0.05, 0) is 29.8 Å². The van der Waals surface area contributed by atoms with Crippen molar-refractivity contribution in [1.29, 1.82) is 0 Å². The molecule has 1 saturated heterocycles. The van der Waals surface area contributed by atoms with Crippen molar-refractivity contribution in [2.75, 3.05) is 88.1 Å². The lowest BCUT2D eigenvalue weighted by Gasteiger charge is -2.27. The molecule has 5 rings (SSSR count). The van der Waals surface area contributed by atoms with Gasteiger partial charge in [-0.3, -0.25) is 4.79 Å². The smallest absolute Gasteiger partial charge is 0.251 e. The second kappa shape index (κ2) is 15.0. The van der Waals surface area contributed by atoms with E-state index >= 15 is 0 Å². The van der Waals surface area contributed by atoms with Crippen molar-refractivity contribution in [2.45, 2.75) is 6.54 Å². The van der Waals surface area contributed by atoms with Gasteiger partial charge >= 0.3 is 0 Å². The van der Waals surface area contributed by atoms with Gasteiger partial charge in [0.25, 0.3) is 5.91 Å². The van der Waals surface area contributed by atoms with Crippen LogP contribution in [0.2, 0.25) is 0 Å². The van der Waals surface area contributed by atoms with Gasteiger partial charge in [-0.15, -0.1) is 0 Å². The first-order chi connectivity index (χ1) is 20.2. The summed E-state index contributed by atoms with van der Waals surface area (Å²) in [6.45, 7) is 6.12. The fourth-order valence-corrected chi connectivity index (χ4v) is 4.14. The van der Waals surface area contributed by atoms with Crippen molar-refractivity contribution in [2.24, 2.45) is 0 Å². The number of morpholine rings is 1. The number of aromatic nitrogens is 3. The summed E-state index contributed by atoms with van der Waals surface area (Å²) < 4.78 is 27.5. The molecule has 2 aliphatic rings. The summed E-state index contributed by atoms with van der Waals surface area (Å²) in [6, 6.07) is 14.9. The highest BCUT2D eigenvalue weighted by molar-refractivity contribution is 5.94. The van der Waals surface area contributed by atoms with Crippen molar-refractivity contribution in [3.05, 3.63) is 59.7 Å². The van der Waals surface area contributed by atoms with Gasteiger partial charge in [0.15, 0.2) is 11.5 Å². The number of carbonyl (C=O) groups excluding carboxylic acids is 1. The maximum absolute atomic E-state index is 12.0. The molecule has 218 valence electrons. The third-order valence-electron chi connectivity index (χ3n) is 6.27. The number of benzene rings is 2. The normalized spacial score (nSPS) is 14.1. The minimum Gasteiger partial charge on any atom is -0.454 e. The Labute approximate surface area is 238 Å². The lowest BCUT2D eigenvalue weighted by Crippen LogP contribution is -2.37. The minimum atomic E-state index is -0.113. The number of nitrogens with one attached hydrogen (secondary N) is 3. The Kier molecular flexibility index (Phi) is 10.4. The average molecular weight is 566 g/mol. The number of amides is 1. The van der Waals surface area contributed by atoms with E-state index in [9.17, 15) is 4.79 Å². The Morgan fingerprint density at radius 1 is 0.829 bits per heavy atom. The van der Waals surface area contributed by atoms with E-state index in [1.807, 2.05) is 36.4 Å². The molecule has 1 aromatic heterocycles. The number of ether oxygens (including phenoxy) is 5. The average Bonchev–Trinajstić information content (AvgIpc) is 3.50. The third-order valence-corrected chi connectivity index (χ3v) is 6.27. The van der Waals surface area contributed by atoms with E-state index in [4.69, 9.17) is 23.7 Å². The van der Waals surface area contributed by atoms with Crippen molar-refractivity contribution in [3.8, 4) is 11.5 Å². The van der Waals surface area contributed by atoms with Gasteiger partial charge in [0.05, 0.1) is 39.6 Å². The monoisotopic (exact) mass is 565 g/mol. The molecule has 3 heterocycles. The Balaban J connectivity index is 1.03. The lowest BCUT2D eigenvalue weighted by atomic mass is 10.2. The summed E-state index contributed by atoms with van der Waals surface area (Å²) in [4.78, 5) is 27.9. The van der Waals surface area contributed by atoms with Gasteiger partial charge in [-0.25, -0.2) is 0 Å². The fraction of sp³-hybridized carbons (Fsp3) is 0.429. The molecule has 2 aromatic carbocycles. The second-order valence-electron chi connectivity index (χ2n) is 9.20. The number of anilines is 3. The molecule has 41 heavy (non-hydrogen) atoms. The molecule has 2 aliphatic heterocycles. The number of carbonyl (C=O) groups is 1. The van der Waals surface area contributed by atoms with Crippen molar-refractivity contribution < 1.29 is 28.5 Å². The van der Waals surface area contributed by atoms with Crippen LogP contribution in [0.5, 0.6) is 11.5 Å². The van der Waals surface area contributed by atoms with Crippen molar-refractivity contribution in [1.82, 2.24) is 20.3 Å². The summed E-state index contributed by atoms with van der Waals surface area (Å²) in [6.07, 6.45) is 0. The quantitative estimate of drug-likeness (QED) is 0.232. The Bertz CT molecular complexity index is 1260. The van der Waals surface area contributed by atoms with Crippen LogP contribution in [0.3, 0.4) is 0 Å². The molecule has 13 heteroatoms. The van der Waals surface area contributed by atoms with E-state index in [-0.39, 0.29) is 12.7 Å². The molecular weight excluding hydrogens is 530 g/mol. The number of fused-ring (bicyclic) bond motifs is 1. The highest BCUT2D eigenvalue weighted by Crippen LogP contribution is 2.32.